The van der Waals surface area contributed by atoms with E-state index in [9.17, 15) is 4.39 Å². The average molecular weight is 221 g/mol. The second-order valence-corrected chi connectivity index (χ2v) is 2.86. The number of phenolic OH excluding ortho intramolecular Hbond substituents is 1. The summed E-state index contributed by atoms with van der Waals surface area (Å²) in [6, 6.07) is 2.70. The van der Waals surface area contributed by atoms with Gasteiger partial charge in [-0.3, -0.25) is 0 Å². The molecule has 0 unspecified atom stereocenters. The highest BCUT2D eigenvalue weighted by atomic mass is 79.9. The van der Waals surface area contributed by atoms with E-state index in [1.807, 2.05) is 0 Å². The Morgan fingerprint density at radius 2 is 2.18 bits per heavy atom. The summed E-state index contributed by atoms with van der Waals surface area (Å²) < 4.78 is 18.0. The standard InChI is InChI=1S/C7H6BrFO2/c1-11-6-3-4(8)2-5(10)7(6)9/h2-3,10H,1H3. The van der Waals surface area contributed by atoms with Crippen LogP contribution in [0.4, 0.5) is 4.39 Å². The number of phenols is 1. The lowest BCUT2D eigenvalue weighted by Gasteiger charge is -2.03. The van der Waals surface area contributed by atoms with Gasteiger partial charge < -0.3 is 9.84 Å². The van der Waals surface area contributed by atoms with Crippen molar-refractivity contribution in [2.45, 2.75) is 0 Å². The van der Waals surface area contributed by atoms with E-state index in [0.717, 1.165) is 0 Å². The highest BCUT2D eigenvalue weighted by molar-refractivity contribution is 9.10. The molecule has 0 saturated carbocycles. The fourth-order valence-electron chi connectivity index (χ4n) is 0.699. The van der Waals surface area contributed by atoms with Gasteiger partial charge in [-0.15, -0.1) is 0 Å². The predicted molar refractivity (Wildman–Crippen MR) is 42.3 cm³/mol. The molecule has 1 rings (SSSR count). The van der Waals surface area contributed by atoms with Gasteiger partial charge in [0.2, 0.25) is 5.82 Å². The largest absolute Gasteiger partial charge is 0.505 e. The minimum absolute atomic E-state index is 0.0249. The van der Waals surface area contributed by atoms with Gasteiger partial charge in [0.25, 0.3) is 0 Å². The van der Waals surface area contributed by atoms with Crippen molar-refractivity contribution >= 4 is 15.9 Å². The molecular formula is C7H6BrFO2. The predicted octanol–water partition coefficient (Wildman–Crippen LogP) is 2.30. The first-order chi connectivity index (χ1) is 5.15. The Bertz CT molecular complexity index is 275. The number of hydrogen-bond donors (Lipinski definition) is 1. The van der Waals surface area contributed by atoms with Gasteiger partial charge in [-0.05, 0) is 12.1 Å². The second kappa shape index (κ2) is 3.09. The minimum atomic E-state index is -0.740. The zero-order chi connectivity index (χ0) is 8.43. The lowest BCUT2D eigenvalue weighted by atomic mass is 10.3. The van der Waals surface area contributed by atoms with Crippen molar-refractivity contribution in [2.24, 2.45) is 0 Å². The molecule has 0 saturated heterocycles. The summed E-state index contributed by atoms with van der Waals surface area (Å²) in [6.45, 7) is 0. The fourth-order valence-corrected chi connectivity index (χ4v) is 1.12. The van der Waals surface area contributed by atoms with Gasteiger partial charge >= 0.3 is 0 Å². The van der Waals surface area contributed by atoms with Crippen molar-refractivity contribution in [3.8, 4) is 11.5 Å². The van der Waals surface area contributed by atoms with Crippen molar-refractivity contribution in [1.29, 1.82) is 0 Å². The number of rotatable bonds is 1. The molecule has 60 valence electrons. The number of ether oxygens (including phenoxy) is 1. The Kier molecular flexibility index (Phi) is 2.34. The molecule has 0 aliphatic carbocycles. The first-order valence-corrected chi connectivity index (χ1v) is 3.66. The van der Waals surface area contributed by atoms with E-state index in [-0.39, 0.29) is 5.75 Å². The Balaban J connectivity index is 3.24. The van der Waals surface area contributed by atoms with E-state index in [4.69, 9.17) is 5.11 Å². The van der Waals surface area contributed by atoms with Crippen LogP contribution in [0.3, 0.4) is 0 Å². The molecule has 0 bridgehead atoms. The minimum Gasteiger partial charge on any atom is -0.505 e. The maximum absolute atomic E-state index is 12.8. The molecule has 1 N–H and O–H groups in total. The zero-order valence-electron chi connectivity index (χ0n) is 5.77. The molecule has 0 aliphatic rings. The number of halogens is 2. The smallest absolute Gasteiger partial charge is 0.206 e. The van der Waals surface area contributed by atoms with Gasteiger partial charge in [0, 0.05) is 4.47 Å². The number of aromatic hydroxyl groups is 1. The summed E-state index contributed by atoms with van der Waals surface area (Å²) in [4.78, 5) is 0. The molecule has 0 fully saturated rings. The number of methoxy groups -OCH3 is 1. The number of hydrogen-bond acceptors (Lipinski definition) is 2. The summed E-state index contributed by atoms with van der Waals surface area (Å²) in [5.74, 6) is -1.14. The maximum Gasteiger partial charge on any atom is 0.206 e. The van der Waals surface area contributed by atoms with Gasteiger partial charge in [-0.25, -0.2) is 0 Å². The van der Waals surface area contributed by atoms with Crippen LogP contribution in [0.15, 0.2) is 16.6 Å². The molecule has 2 nitrogen and oxygen atoms in total. The van der Waals surface area contributed by atoms with E-state index in [0.29, 0.717) is 4.47 Å². The van der Waals surface area contributed by atoms with E-state index >= 15 is 0 Å². The van der Waals surface area contributed by atoms with Crippen LogP contribution in [-0.4, -0.2) is 12.2 Å². The van der Waals surface area contributed by atoms with E-state index < -0.39 is 11.6 Å². The van der Waals surface area contributed by atoms with Crippen LogP contribution in [0.1, 0.15) is 0 Å². The Labute approximate surface area is 71.7 Å². The molecule has 0 spiro atoms. The maximum atomic E-state index is 12.8. The van der Waals surface area contributed by atoms with Crippen molar-refractivity contribution in [1.82, 2.24) is 0 Å². The van der Waals surface area contributed by atoms with Gasteiger partial charge in [-0.1, -0.05) is 15.9 Å². The SMILES string of the molecule is COc1cc(Br)cc(O)c1F. The average Bonchev–Trinajstić information content (AvgIpc) is 1.96. The first kappa shape index (κ1) is 8.33. The lowest BCUT2D eigenvalue weighted by molar-refractivity contribution is 0.364. The Hall–Kier alpha value is -0.770. The normalized spacial score (nSPS) is 9.73. The third-order valence-electron chi connectivity index (χ3n) is 1.20. The summed E-state index contributed by atoms with van der Waals surface area (Å²) >= 11 is 3.08. The van der Waals surface area contributed by atoms with E-state index in [1.54, 1.807) is 0 Å². The van der Waals surface area contributed by atoms with Crippen LogP contribution in [0.2, 0.25) is 0 Å². The lowest BCUT2D eigenvalue weighted by Crippen LogP contribution is -1.87. The van der Waals surface area contributed by atoms with Gasteiger partial charge in [-0.2, -0.15) is 4.39 Å². The van der Waals surface area contributed by atoms with Gasteiger partial charge in [0.15, 0.2) is 11.5 Å². The van der Waals surface area contributed by atoms with Gasteiger partial charge in [0.1, 0.15) is 0 Å². The topological polar surface area (TPSA) is 29.5 Å². The third-order valence-corrected chi connectivity index (χ3v) is 1.66. The molecule has 0 aliphatic heterocycles. The summed E-state index contributed by atoms with van der Waals surface area (Å²) in [5, 5.41) is 8.93. The second-order valence-electron chi connectivity index (χ2n) is 1.94. The monoisotopic (exact) mass is 220 g/mol. The third kappa shape index (κ3) is 1.63. The van der Waals surface area contributed by atoms with Crippen LogP contribution < -0.4 is 4.74 Å². The molecule has 4 heteroatoms. The molecule has 0 heterocycles. The molecule has 0 aromatic heterocycles. The highest BCUT2D eigenvalue weighted by Crippen LogP contribution is 2.29. The molecule has 1 aromatic carbocycles. The van der Waals surface area contributed by atoms with Crippen LogP contribution in [0.5, 0.6) is 11.5 Å². The first-order valence-electron chi connectivity index (χ1n) is 2.87. The van der Waals surface area contributed by atoms with Crippen molar-refractivity contribution in [2.75, 3.05) is 7.11 Å². The fraction of sp³-hybridized carbons (Fsp3) is 0.143. The molecule has 0 radical (unpaired) electrons. The highest BCUT2D eigenvalue weighted by Gasteiger charge is 2.08. The van der Waals surface area contributed by atoms with Crippen molar-refractivity contribution < 1.29 is 14.2 Å². The summed E-state index contributed by atoms with van der Waals surface area (Å²) in [6.07, 6.45) is 0. The quantitative estimate of drug-likeness (QED) is 0.788. The molecule has 1 aromatic rings. The molecular weight excluding hydrogens is 215 g/mol. The van der Waals surface area contributed by atoms with Crippen LogP contribution >= 0.6 is 15.9 Å². The van der Waals surface area contributed by atoms with Crippen molar-refractivity contribution in [3.05, 3.63) is 22.4 Å². The molecule has 11 heavy (non-hydrogen) atoms. The Morgan fingerprint density at radius 3 is 2.73 bits per heavy atom. The van der Waals surface area contributed by atoms with E-state index in [2.05, 4.69) is 20.7 Å². The molecule has 0 amide bonds. The van der Waals surface area contributed by atoms with Crippen LogP contribution in [-0.2, 0) is 0 Å². The summed E-state index contributed by atoms with van der Waals surface area (Å²) in [7, 11) is 1.34. The van der Waals surface area contributed by atoms with Crippen LogP contribution in [0, 0.1) is 5.82 Å². The van der Waals surface area contributed by atoms with Crippen LogP contribution in [0.25, 0.3) is 0 Å². The van der Waals surface area contributed by atoms with Gasteiger partial charge in [0.05, 0.1) is 7.11 Å². The van der Waals surface area contributed by atoms with E-state index in [1.165, 1.54) is 19.2 Å². The zero-order valence-corrected chi connectivity index (χ0v) is 7.35. The molecule has 0 atom stereocenters. The Morgan fingerprint density at radius 1 is 1.55 bits per heavy atom. The van der Waals surface area contributed by atoms with Crippen molar-refractivity contribution in [3.63, 3.8) is 0 Å². The number of benzene rings is 1. The summed E-state index contributed by atoms with van der Waals surface area (Å²) in [5.41, 5.74) is 0.